The van der Waals surface area contributed by atoms with Crippen molar-refractivity contribution >= 4 is 11.0 Å². The Morgan fingerprint density at radius 3 is 2.59 bits per heavy atom. The van der Waals surface area contributed by atoms with Crippen LogP contribution in [0.2, 0.25) is 0 Å². The lowest BCUT2D eigenvalue weighted by Crippen LogP contribution is -2.08. The van der Waals surface area contributed by atoms with Crippen molar-refractivity contribution in [2.75, 3.05) is 0 Å². The van der Waals surface area contributed by atoms with Crippen LogP contribution in [-0.2, 0) is 0 Å². The minimum absolute atomic E-state index is 0.0397. The van der Waals surface area contributed by atoms with Crippen LogP contribution < -0.4 is 10.2 Å². The van der Waals surface area contributed by atoms with Crippen LogP contribution in [0.15, 0.2) is 45.6 Å². The molecule has 3 rings (SSSR count). The van der Waals surface area contributed by atoms with Gasteiger partial charge in [-0.1, -0.05) is 12.1 Å². The van der Waals surface area contributed by atoms with Crippen LogP contribution in [-0.4, -0.2) is 5.11 Å². The van der Waals surface area contributed by atoms with E-state index in [9.17, 15) is 14.3 Å². The van der Waals surface area contributed by atoms with Crippen molar-refractivity contribution in [3.63, 3.8) is 0 Å². The maximum atomic E-state index is 13.7. The molecule has 0 atom stereocenters. The Morgan fingerprint density at radius 2 is 1.86 bits per heavy atom. The number of benzene rings is 2. The molecule has 0 aliphatic heterocycles. The molecule has 0 unspecified atom stereocenters. The summed E-state index contributed by atoms with van der Waals surface area (Å²) < 4.78 is 24.7. The number of fused-ring (bicyclic) bond motifs is 1. The summed E-state index contributed by atoms with van der Waals surface area (Å²) in [5.74, 6) is -0.425. The molecular formula is C17H13FO4. The second-order valence-corrected chi connectivity index (χ2v) is 4.94. The molecule has 0 bridgehead atoms. The van der Waals surface area contributed by atoms with Gasteiger partial charge in [0.15, 0.2) is 11.6 Å². The van der Waals surface area contributed by atoms with Crippen molar-refractivity contribution in [3.05, 3.63) is 63.8 Å². The summed E-state index contributed by atoms with van der Waals surface area (Å²) in [5.41, 5.74) is 0.351. The minimum Gasteiger partial charge on any atom is -0.508 e. The van der Waals surface area contributed by atoms with E-state index in [4.69, 9.17) is 9.15 Å². The van der Waals surface area contributed by atoms with E-state index in [0.717, 1.165) is 0 Å². The Balaban J connectivity index is 2.22. The largest absolute Gasteiger partial charge is 0.508 e. The third-order valence-corrected chi connectivity index (χ3v) is 3.45. The summed E-state index contributed by atoms with van der Waals surface area (Å²) in [7, 11) is 0. The number of hydrogen-bond donors (Lipinski definition) is 1. The summed E-state index contributed by atoms with van der Waals surface area (Å²) in [6.07, 6.45) is 0. The van der Waals surface area contributed by atoms with E-state index in [2.05, 4.69) is 0 Å². The van der Waals surface area contributed by atoms with Gasteiger partial charge in [-0.3, -0.25) is 4.79 Å². The molecule has 1 heterocycles. The van der Waals surface area contributed by atoms with E-state index in [1.165, 1.54) is 30.3 Å². The highest BCUT2D eigenvalue weighted by atomic mass is 19.1. The van der Waals surface area contributed by atoms with E-state index in [1.54, 1.807) is 19.9 Å². The maximum absolute atomic E-state index is 13.7. The summed E-state index contributed by atoms with van der Waals surface area (Å²) in [6.45, 7) is 3.21. The van der Waals surface area contributed by atoms with Crippen molar-refractivity contribution in [2.24, 2.45) is 0 Å². The van der Waals surface area contributed by atoms with Gasteiger partial charge in [-0.25, -0.2) is 4.39 Å². The number of phenols is 1. The molecule has 112 valence electrons. The summed E-state index contributed by atoms with van der Waals surface area (Å²) in [5, 5.41) is 9.97. The standard InChI is InChI=1S/C17H13FO4/c1-9-13(19)8-7-11-15(20)17(10(2)21-16(9)11)22-14-6-4-3-5-12(14)18/h3-8,19H,1-2H3. The summed E-state index contributed by atoms with van der Waals surface area (Å²) in [4.78, 5) is 12.5. The van der Waals surface area contributed by atoms with Gasteiger partial charge in [0.05, 0.1) is 5.39 Å². The first-order valence-electron chi connectivity index (χ1n) is 6.67. The normalized spacial score (nSPS) is 10.9. The third-order valence-electron chi connectivity index (χ3n) is 3.45. The lowest BCUT2D eigenvalue weighted by Gasteiger charge is -2.10. The fourth-order valence-corrected chi connectivity index (χ4v) is 2.23. The molecule has 0 aliphatic carbocycles. The zero-order valence-electron chi connectivity index (χ0n) is 12.0. The Bertz CT molecular complexity index is 928. The van der Waals surface area contributed by atoms with E-state index in [-0.39, 0.29) is 28.4 Å². The van der Waals surface area contributed by atoms with E-state index < -0.39 is 11.2 Å². The van der Waals surface area contributed by atoms with Gasteiger partial charge < -0.3 is 14.3 Å². The Labute approximate surface area is 125 Å². The Kier molecular flexibility index (Phi) is 3.33. The molecule has 5 heteroatoms. The highest BCUT2D eigenvalue weighted by molar-refractivity contribution is 5.83. The first-order chi connectivity index (χ1) is 10.5. The van der Waals surface area contributed by atoms with Gasteiger partial charge in [-0.2, -0.15) is 0 Å². The number of hydrogen-bond acceptors (Lipinski definition) is 4. The lowest BCUT2D eigenvalue weighted by atomic mass is 10.1. The topological polar surface area (TPSA) is 59.7 Å². The molecular weight excluding hydrogens is 287 g/mol. The number of aromatic hydroxyl groups is 1. The predicted molar refractivity (Wildman–Crippen MR) is 80.1 cm³/mol. The summed E-state index contributed by atoms with van der Waals surface area (Å²) in [6, 6.07) is 8.69. The van der Waals surface area contributed by atoms with Crippen LogP contribution in [0.5, 0.6) is 17.2 Å². The molecule has 1 N–H and O–H groups in total. The molecule has 0 saturated heterocycles. The number of halogens is 1. The Hall–Kier alpha value is -2.82. The van der Waals surface area contributed by atoms with Crippen LogP contribution in [0.4, 0.5) is 4.39 Å². The van der Waals surface area contributed by atoms with Gasteiger partial charge in [0.25, 0.3) is 0 Å². The Morgan fingerprint density at radius 1 is 1.14 bits per heavy atom. The van der Waals surface area contributed by atoms with E-state index >= 15 is 0 Å². The summed E-state index contributed by atoms with van der Waals surface area (Å²) >= 11 is 0. The van der Waals surface area contributed by atoms with Gasteiger partial charge in [0, 0.05) is 5.56 Å². The van der Waals surface area contributed by atoms with Crippen LogP contribution in [0.25, 0.3) is 11.0 Å². The monoisotopic (exact) mass is 300 g/mol. The van der Waals surface area contributed by atoms with Crippen molar-refractivity contribution in [3.8, 4) is 17.2 Å². The first kappa shape index (κ1) is 14.1. The SMILES string of the molecule is Cc1oc2c(C)c(O)ccc2c(=O)c1Oc1ccccc1F. The van der Waals surface area contributed by atoms with Gasteiger partial charge in [0.1, 0.15) is 17.1 Å². The minimum atomic E-state index is -0.566. The molecule has 0 fully saturated rings. The molecule has 0 radical (unpaired) electrons. The highest BCUT2D eigenvalue weighted by Crippen LogP contribution is 2.30. The fourth-order valence-electron chi connectivity index (χ4n) is 2.23. The second-order valence-electron chi connectivity index (χ2n) is 4.94. The number of ether oxygens (including phenoxy) is 1. The number of rotatable bonds is 2. The van der Waals surface area contributed by atoms with Crippen LogP contribution in [0, 0.1) is 19.7 Å². The smallest absolute Gasteiger partial charge is 0.235 e. The van der Waals surface area contributed by atoms with Gasteiger partial charge in [0.2, 0.25) is 11.2 Å². The van der Waals surface area contributed by atoms with Crippen LogP contribution in [0.1, 0.15) is 11.3 Å². The maximum Gasteiger partial charge on any atom is 0.235 e. The van der Waals surface area contributed by atoms with Crippen molar-refractivity contribution in [2.45, 2.75) is 13.8 Å². The molecule has 4 nitrogen and oxygen atoms in total. The molecule has 0 spiro atoms. The molecule has 0 aliphatic rings. The van der Waals surface area contributed by atoms with Crippen molar-refractivity contribution in [1.29, 1.82) is 0 Å². The van der Waals surface area contributed by atoms with Gasteiger partial charge >= 0.3 is 0 Å². The quantitative estimate of drug-likeness (QED) is 0.775. The first-order valence-corrected chi connectivity index (χ1v) is 6.67. The molecule has 3 aromatic rings. The zero-order chi connectivity index (χ0) is 15.9. The van der Waals surface area contributed by atoms with Crippen molar-refractivity contribution < 1.29 is 18.7 Å². The molecule has 0 saturated carbocycles. The number of para-hydroxylation sites is 1. The highest BCUT2D eigenvalue weighted by Gasteiger charge is 2.17. The molecule has 22 heavy (non-hydrogen) atoms. The van der Waals surface area contributed by atoms with Crippen LogP contribution in [0.3, 0.4) is 0 Å². The van der Waals surface area contributed by atoms with Gasteiger partial charge in [-0.05, 0) is 38.1 Å². The predicted octanol–water partition coefficient (Wildman–Crippen LogP) is 4.05. The van der Waals surface area contributed by atoms with E-state index in [1.807, 2.05) is 0 Å². The van der Waals surface area contributed by atoms with Crippen molar-refractivity contribution in [1.82, 2.24) is 0 Å². The van der Waals surface area contributed by atoms with Gasteiger partial charge in [-0.15, -0.1) is 0 Å². The lowest BCUT2D eigenvalue weighted by molar-refractivity contribution is 0.410. The number of aryl methyl sites for hydroxylation is 2. The molecule has 1 aromatic heterocycles. The average Bonchev–Trinajstić information content (AvgIpc) is 2.49. The fraction of sp³-hybridized carbons (Fsp3) is 0.118. The molecule has 2 aromatic carbocycles. The van der Waals surface area contributed by atoms with Crippen LogP contribution >= 0.6 is 0 Å². The number of phenolic OH excluding ortho intramolecular Hbond substituents is 1. The second kappa shape index (κ2) is 5.18. The van der Waals surface area contributed by atoms with E-state index in [0.29, 0.717) is 11.1 Å². The average molecular weight is 300 g/mol. The molecule has 0 amide bonds. The third kappa shape index (κ3) is 2.20. The zero-order valence-corrected chi connectivity index (χ0v) is 12.0.